The topological polar surface area (TPSA) is 66.8 Å². The van der Waals surface area contributed by atoms with E-state index in [0.717, 1.165) is 12.8 Å². The number of likely N-dealkylation sites (tertiary alicyclic amines) is 1. The molecule has 7 heteroatoms. The highest BCUT2D eigenvalue weighted by atomic mass is 35.5. The Morgan fingerprint density at radius 3 is 2.55 bits per heavy atom. The van der Waals surface area contributed by atoms with Crippen LogP contribution in [0.2, 0.25) is 5.02 Å². The first-order valence-corrected chi connectivity index (χ1v) is 9.75. The molecule has 0 radical (unpaired) electrons. The molecule has 29 heavy (non-hydrogen) atoms. The Bertz CT molecular complexity index is 983. The number of rotatable bonds is 4. The van der Waals surface area contributed by atoms with Gasteiger partial charge in [-0.25, -0.2) is 4.39 Å². The molecule has 1 N–H and O–H groups in total. The van der Waals surface area contributed by atoms with Crippen molar-refractivity contribution in [3.05, 3.63) is 76.1 Å². The van der Waals surface area contributed by atoms with Crippen LogP contribution in [0.5, 0.6) is 0 Å². The third-order valence-corrected chi connectivity index (χ3v) is 5.53. The van der Waals surface area contributed by atoms with Gasteiger partial charge >= 0.3 is 0 Å². The van der Waals surface area contributed by atoms with Crippen molar-refractivity contribution in [3.63, 3.8) is 0 Å². The van der Waals surface area contributed by atoms with Gasteiger partial charge < -0.3 is 14.7 Å². The lowest BCUT2D eigenvalue weighted by Gasteiger charge is -2.27. The van der Waals surface area contributed by atoms with E-state index < -0.39 is 23.5 Å². The minimum Gasteiger partial charge on any atom is -0.507 e. The lowest BCUT2D eigenvalue weighted by Crippen LogP contribution is -2.36. The maximum Gasteiger partial charge on any atom is 0.295 e. The number of hydrogen-bond donors (Lipinski definition) is 1. The Morgan fingerprint density at radius 2 is 1.90 bits per heavy atom. The lowest BCUT2D eigenvalue weighted by atomic mass is 9.95. The van der Waals surface area contributed by atoms with Gasteiger partial charge in [-0.3, -0.25) is 9.59 Å². The summed E-state index contributed by atoms with van der Waals surface area (Å²) < 4.78 is 20.3. The van der Waals surface area contributed by atoms with E-state index in [0.29, 0.717) is 17.2 Å². The van der Waals surface area contributed by atoms with Crippen LogP contribution >= 0.6 is 11.6 Å². The Hall–Kier alpha value is -2.70. The van der Waals surface area contributed by atoms with Gasteiger partial charge in [0.1, 0.15) is 11.6 Å². The number of Topliss-reactive ketones (excluding diaryl/α,β-unsaturated/α-hetero) is 1. The van der Waals surface area contributed by atoms with Crippen molar-refractivity contribution in [2.75, 3.05) is 13.2 Å². The summed E-state index contributed by atoms with van der Waals surface area (Å²) in [6.45, 7) is 0.741. The van der Waals surface area contributed by atoms with Gasteiger partial charge in [0.15, 0.2) is 0 Å². The van der Waals surface area contributed by atoms with E-state index in [2.05, 4.69) is 0 Å². The number of nitrogens with zero attached hydrogens (tertiary/aromatic N) is 1. The molecule has 2 aliphatic rings. The summed E-state index contributed by atoms with van der Waals surface area (Å²) in [5, 5.41) is 11.3. The number of carbonyl (C=O) groups excluding carboxylic acids is 2. The van der Waals surface area contributed by atoms with E-state index in [9.17, 15) is 19.1 Å². The van der Waals surface area contributed by atoms with E-state index in [1.807, 2.05) is 0 Å². The van der Waals surface area contributed by atoms with Gasteiger partial charge in [-0.05, 0) is 43.2 Å². The largest absolute Gasteiger partial charge is 0.507 e. The molecule has 2 fully saturated rings. The van der Waals surface area contributed by atoms with Gasteiger partial charge in [0.2, 0.25) is 0 Å². The van der Waals surface area contributed by atoms with Gasteiger partial charge in [-0.1, -0.05) is 29.8 Å². The SMILES string of the molecule is O=C1C(=O)N(C[C@H]2CCCO2)[C@H](c2ccccc2F)/C1=C(\O)c1ccc(Cl)cc1. The van der Waals surface area contributed by atoms with Crippen molar-refractivity contribution in [1.29, 1.82) is 0 Å². The Kier molecular flexibility index (Phi) is 5.39. The maximum absolute atomic E-state index is 14.7. The fourth-order valence-electron chi connectivity index (χ4n) is 3.86. The molecule has 0 bridgehead atoms. The van der Waals surface area contributed by atoms with Gasteiger partial charge in [-0.15, -0.1) is 0 Å². The number of benzene rings is 2. The number of hydrogen-bond acceptors (Lipinski definition) is 4. The Balaban J connectivity index is 1.84. The molecule has 2 aliphatic heterocycles. The molecule has 0 unspecified atom stereocenters. The predicted molar refractivity (Wildman–Crippen MR) is 106 cm³/mol. The van der Waals surface area contributed by atoms with E-state index in [4.69, 9.17) is 16.3 Å². The number of amides is 1. The van der Waals surface area contributed by atoms with Crippen molar-refractivity contribution in [2.45, 2.75) is 25.0 Å². The molecule has 2 heterocycles. The van der Waals surface area contributed by atoms with Crippen LogP contribution in [0.3, 0.4) is 0 Å². The highest BCUT2D eigenvalue weighted by Crippen LogP contribution is 2.41. The summed E-state index contributed by atoms with van der Waals surface area (Å²) in [5.41, 5.74) is 0.339. The predicted octanol–water partition coefficient (Wildman–Crippen LogP) is 4.08. The number of halogens is 2. The molecule has 150 valence electrons. The number of aliphatic hydroxyl groups is 1. The minimum absolute atomic E-state index is 0.139. The molecule has 2 aromatic rings. The molecule has 5 nitrogen and oxygen atoms in total. The molecule has 2 atom stereocenters. The first-order chi connectivity index (χ1) is 14.0. The van der Waals surface area contributed by atoms with Gasteiger partial charge in [0.25, 0.3) is 11.7 Å². The first kappa shape index (κ1) is 19.6. The molecule has 0 spiro atoms. The summed E-state index contributed by atoms with van der Waals surface area (Å²) in [5.74, 6) is -2.53. The third-order valence-electron chi connectivity index (χ3n) is 5.28. The van der Waals surface area contributed by atoms with Crippen LogP contribution in [-0.4, -0.2) is 41.0 Å². The minimum atomic E-state index is -1.03. The average Bonchev–Trinajstić information content (AvgIpc) is 3.31. The summed E-state index contributed by atoms with van der Waals surface area (Å²) in [4.78, 5) is 27.0. The zero-order valence-corrected chi connectivity index (χ0v) is 16.2. The van der Waals surface area contributed by atoms with Crippen molar-refractivity contribution in [2.24, 2.45) is 0 Å². The normalized spacial score (nSPS) is 23.7. The van der Waals surface area contributed by atoms with Gasteiger partial charge in [-0.2, -0.15) is 0 Å². The zero-order chi connectivity index (χ0) is 20.5. The fraction of sp³-hybridized carbons (Fsp3) is 0.273. The molecule has 0 aliphatic carbocycles. The van der Waals surface area contributed by atoms with Crippen molar-refractivity contribution < 1.29 is 23.8 Å². The molecule has 4 rings (SSSR count). The van der Waals surface area contributed by atoms with Crippen LogP contribution in [0.25, 0.3) is 5.76 Å². The molecule has 2 aromatic carbocycles. The standard InChI is InChI=1S/C22H19ClFNO4/c23-14-9-7-13(8-10-14)20(26)18-19(16-5-1-2-6-17(16)24)25(22(28)21(18)27)12-15-4-3-11-29-15/h1-2,5-10,15,19,26H,3-4,11-12H2/b20-18+/t15-,19-/m1/s1. The quantitative estimate of drug-likeness (QED) is 0.464. The number of ketones is 1. The highest BCUT2D eigenvalue weighted by molar-refractivity contribution is 6.46. The lowest BCUT2D eigenvalue weighted by molar-refractivity contribution is -0.140. The van der Waals surface area contributed by atoms with Crippen LogP contribution < -0.4 is 0 Å². The zero-order valence-electron chi connectivity index (χ0n) is 15.5. The van der Waals surface area contributed by atoms with Gasteiger partial charge in [0.05, 0.1) is 17.7 Å². The fourth-order valence-corrected chi connectivity index (χ4v) is 3.99. The number of carbonyl (C=O) groups is 2. The maximum atomic E-state index is 14.7. The van der Waals surface area contributed by atoms with Crippen LogP contribution in [0.15, 0.2) is 54.1 Å². The Labute approximate surface area is 172 Å². The molecule has 0 aromatic heterocycles. The summed E-state index contributed by atoms with van der Waals surface area (Å²) in [6.07, 6.45) is 1.39. The van der Waals surface area contributed by atoms with Crippen LogP contribution in [0.4, 0.5) is 4.39 Å². The van der Waals surface area contributed by atoms with Crippen molar-refractivity contribution in [3.8, 4) is 0 Å². The Morgan fingerprint density at radius 1 is 1.17 bits per heavy atom. The molecule has 1 amide bonds. The number of aliphatic hydroxyl groups excluding tert-OH is 1. The smallest absolute Gasteiger partial charge is 0.295 e. The van der Waals surface area contributed by atoms with E-state index in [-0.39, 0.29) is 29.5 Å². The molecule has 2 saturated heterocycles. The average molecular weight is 416 g/mol. The summed E-state index contributed by atoms with van der Waals surface area (Å²) >= 11 is 5.90. The van der Waals surface area contributed by atoms with E-state index >= 15 is 0 Å². The third kappa shape index (κ3) is 3.66. The second kappa shape index (κ2) is 7.97. The molecular weight excluding hydrogens is 397 g/mol. The van der Waals surface area contributed by atoms with Crippen LogP contribution in [0.1, 0.15) is 30.0 Å². The summed E-state index contributed by atoms with van der Waals surface area (Å²) in [7, 11) is 0. The van der Waals surface area contributed by atoms with Crippen molar-refractivity contribution >= 4 is 29.1 Å². The van der Waals surface area contributed by atoms with Crippen LogP contribution in [0, 0.1) is 5.82 Å². The van der Waals surface area contributed by atoms with Gasteiger partial charge in [0, 0.05) is 29.3 Å². The number of ether oxygens (including phenoxy) is 1. The second-order valence-corrected chi connectivity index (χ2v) is 7.55. The molecular formula is C22H19ClFNO4. The van der Waals surface area contributed by atoms with Crippen LogP contribution in [-0.2, 0) is 14.3 Å². The van der Waals surface area contributed by atoms with E-state index in [1.54, 1.807) is 30.3 Å². The molecule has 0 saturated carbocycles. The second-order valence-electron chi connectivity index (χ2n) is 7.11. The monoisotopic (exact) mass is 415 g/mol. The first-order valence-electron chi connectivity index (χ1n) is 9.37. The highest BCUT2D eigenvalue weighted by Gasteiger charge is 2.47. The summed E-state index contributed by atoms with van der Waals surface area (Å²) in [6, 6.07) is 11.1. The van der Waals surface area contributed by atoms with Crippen molar-refractivity contribution in [1.82, 2.24) is 4.90 Å². The van der Waals surface area contributed by atoms with E-state index in [1.165, 1.54) is 23.1 Å².